The fourth-order valence-corrected chi connectivity index (χ4v) is 2.77. The summed E-state index contributed by atoms with van der Waals surface area (Å²) >= 11 is 6.14. The van der Waals surface area contributed by atoms with Gasteiger partial charge in [0.1, 0.15) is 5.82 Å². The van der Waals surface area contributed by atoms with Crippen molar-refractivity contribution in [3.05, 3.63) is 35.6 Å². The van der Waals surface area contributed by atoms with Crippen LogP contribution in [0.5, 0.6) is 0 Å². The van der Waals surface area contributed by atoms with Crippen LogP contribution in [0.15, 0.2) is 24.3 Å². The first-order valence-corrected chi connectivity index (χ1v) is 6.06. The number of hydrogen-bond donors (Lipinski definition) is 0. The van der Waals surface area contributed by atoms with Crippen molar-refractivity contribution < 1.29 is 4.39 Å². The molecule has 0 saturated heterocycles. The summed E-state index contributed by atoms with van der Waals surface area (Å²) in [7, 11) is 0. The Morgan fingerprint density at radius 3 is 2.60 bits per heavy atom. The second-order valence-corrected chi connectivity index (χ2v) is 5.08. The zero-order chi connectivity index (χ0) is 10.7. The molecule has 0 nitrogen and oxygen atoms in total. The molecule has 0 heterocycles. The van der Waals surface area contributed by atoms with Gasteiger partial charge in [0.05, 0.1) is 0 Å². The van der Waals surface area contributed by atoms with E-state index in [1.807, 2.05) is 12.1 Å². The summed E-state index contributed by atoms with van der Waals surface area (Å²) in [4.78, 5) is 0. The molecule has 1 aromatic carbocycles. The maximum atomic E-state index is 12.7. The highest BCUT2D eigenvalue weighted by Crippen LogP contribution is 2.30. The van der Waals surface area contributed by atoms with Gasteiger partial charge in [0.15, 0.2) is 0 Å². The van der Waals surface area contributed by atoms with Gasteiger partial charge in [-0.2, -0.15) is 0 Å². The first kappa shape index (κ1) is 10.9. The molecule has 0 aromatic heterocycles. The maximum Gasteiger partial charge on any atom is 0.123 e. The predicted octanol–water partition coefficient (Wildman–Crippen LogP) is 4.17. The van der Waals surface area contributed by atoms with Crippen molar-refractivity contribution in [2.45, 2.75) is 37.5 Å². The normalized spacial score (nSPS) is 26.5. The molecule has 0 bridgehead atoms. The zero-order valence-corrected chi connectivity index (χ0v) is 9.51. The first-order valence-electron chi connectivity index (χ1n) is 5.62. The standard InChI is InChI=1S/C13H16ClF/c14-12-3-1-2-11(9-12)8-10-4-6-13(15)7-5-10/h4-7,11-12H,1-3,8-9H2. The molecule has 0 aliphatic heterocycles. The van der Waals surface area contributed by atoms with Gasteiger partial charge in [-0.15, -0.1) is 11.6 Å². The van der Waals surface area contributed by atoms with Crippen LogP contribution in [-0.2, 0) is 6.42 Å². The fraction of sp³-hybridized carbons (Fsp3) is 0.538. The summed E-state index contributed by atoms with van der Waals surface area (Å²) in [6, 6.07) is 6.84. The molecular weight excluding hydrogens is 211 g/mol. The molecule has 2 rings (SSSR count). The van der Waals surface area contributed by atoms with E-state index in [2.05, 4.69) is 0 Å². The Morgan fingerprint density at radius 1 is 1.20 bits per heavy atom. The average molecular weight is 227 g/mol. The van der Waals surface area contributed by atoms with Crippen LogP contribution in [0.4, 0.5) is 4.39 Å². The third-order valence-electron chi connectivity index (χ3n) is 3.16. The van der Waals surface area contributed by atoms with Crippen molar-refractivity contribution in [1.29, 1.82) is 0 Å². The summed E-state index contributed by atoms with van der Waals surface area (Å²) < 4.78 is 12.7. The SMILES string of the molecule is Fc1ccc(CC2CCCC(Cl)C2)cc1. The Hall–Kier alpha value is -0.560. The van der Waals surface area contributed by atoms with Crippen LogP contribution in [0.3, 0.4) is 0 Å². The first-order chi connectivity index (χ1) is 7.24. The number of alkyl halides is 1. The van der Waals surface area contributed by atoms with Crippen molar-refractivity contribution in [3.8, 4) is 0 Å². The van der Waals surface area contributed by atoms with Crippen LogP contribution >= 0.6 is 11.6 Å². The van der Waals surface area contributed by atoms with Crippen LogP contribution in [0.1, 0.15) is 31.2 Å². The van der Waals surface area contributed by atoms with Crippen molar-refractivity contribution in [2.75, 3.05) is 0 Å². The minimum atomic E-state index is -0.155. The molecule has 1 aliphatic rings. The lowest BCUT2D eigenvalue weighted by Crippen LogP contribution is -2.17. The van der Waals surface area contributed by atoms with Gasteiger partial charge >= 0.3 is 0 Å². The summed E-state index contributed by atoms with van der Waals surface area (Å²) in [6.45, 7) is 0. The van der Waals surface area contributed by atoms with Gasteiger partial charge in [-0.3, -0.25) is 0 Å². The van der Waals surface area contributed by atoms with Gasteiger partial charge in [0.25, 0.3) is 0 Å². The highest BCUT2D eigenvalue weighted by atomic mass is 35.5. The van der Waals surface area contributed by atoms with Gasteiger partial charge < -0.3 is 0 Å². The van der Waals surface area contributed by atoms with Crippen LogP contribution in [-0.4, -0.2) is 5.38 Å². The van der Waals surface area contributed by atoms with Gasteiger partial charge in [-0.25, -0.2) is 4.39 Å². The summed E-state index contributed by atoms with van der Waals surface area (Å²) in [5.74, 6) is 0.532. The smallest absolute Gasteiger partial charge is 0.123 e. The van der Waals surface area contributed by atoms with Gasteiger partial charge in [0.2, 0.25) is 0 Å². The van der Waals surface area contributed by atoms with E-state index in [-0.39, 0.29) is 5.82 Å². The third-order valence-corrected chi connectivity index (χ3v) is 3.55. The molecule has 82 valence electrons. The second-order valence-electron chi connectivity index (χ2n) is 4.46. The largest absolute Gasteiger partial charge is 0.207 e. The van der Waals surface area contributed by atoms with E-state index in [0.29, 0.717) is 11.3 Å². The molecule has 1 fully saturated rings. The Labute approximate surface area is 95.4 Å². The highest BCUT2D eigenvalue weighted by Gasteiger charge is 2.20. The maximum absolute atomic E-state index is 12.7. The van der Waals surface area contributed by atoms with Crippen molar-refractivity contribution in [3.63, 3.8) is 0 Å². The minimum Gasteiger partial charge on any atom is -0.207 e. The zero-order valence-electron chi connectivity index (χ0n) is 8.76. The summed E-state index contributed by atoms with van der Waals surface area (Å²) in [5.41, 5.74) is 1.23. The Morgan fingerprint density at radius 2 is 1.93 bits per heavy atom. The molecule has 2 heteroatoms. The van der Waals surface area contributed by atoms with E-state index in [0.717, 1.165) is 19.3 Å². The quantitative estimate of drug-likeness (QED) is 0.664. The van der Waals surface area contributed by atoms with E-state index in [9.17, 15) is 4.39 Å². The lowest BCUT2D eigenvalue weighted by Gasteiger charge is -2.25. The molecule has 2 atom stereocenters. The molecule has 0 N–H and O–H groups in total. The van der Waals surface area contributed by atoms with Crippen LogP contribution in [0.2, 0.25) is 0 Å². The van der Waals surface area contributed by atoms with Gasteiger partial charge in [-0.05, 0) is 42.9 Å². The van der Waals surface area contributed by atoms with E-state index in [4.69, 9.17) is 11.6 Å². The van der Waals surface area contributed by atoms with Crippen LogP contribution in [0.25, 0.3) is 0 Å². The molecule has 0 amide bonds. The van der Waals surface area contributed by atoms with Crippen LogP contribution in [0, 0.1) is 11.7 Å². The second kappa shape index (κ2) is 4.98. The van der Waals surface area contributed by atoms with Crippen LogP contribution < -0.4 is 0 Å². The van der Waals surface area contributed by atoms with Gasteiger partial charge in [-0.1, -0.05) is 25.0 Å². The number of benzene rings is 1. The molecule has 0 radical (unpaired) electrons. The molecule has 0 spiro atoms. The molecule has 1 aromatic rings. The Bertz CT molecular complexity index is 307. The fourth-order valence-electron chi connectivity index (χ4n) is 2.36. The van der Waals surface area contributed by atoms with Crippen molar-refractivity contribution >= 4 is 11.6 Å². The molecule has 1 aliphatic carbocycles. The summed E-state index contributed by atoms with van der Waals surface area (Å²) in [6.07, 6.45) is 5.81. The molecule has 15 heavy (non-hydrogen) atoms. The summed E-state index contributed by atoms with van der Waals surface area (Å²) in [5, 5.41) is 0.351. The molecule has 2 unspecified atom stereocenters. The third kappa shape index (κ3) is 3.20. The number of rotatable bonds is 2. The highest BCUT2D eigenvalue weighted by molar-refractivity contribution is 6.20. The van der Waals surface area contributed by atoms with E-state index in [1.54, 1.807) is 0 Å². The van der Waals surface area contributed by atoms with E-state index in [1.165, 1.54) is 30.5 Å². The lowest BCUT2D eigenvalue weighted by atomic mass is 9.84. The monoisotopic (exact) mass is 226 g/mol. The number of hydrogen-bond acceptors (Lipinski definition) is 0. The topological polar surface area (TPSA) is 0 Å². The number of halogens is 2. The van der Waals surface area contributed by atoms with Crippen molar-refractivity contribution in [1.82, 2.24) is 0 Å². The van der Waals surface area contributed by atoms with E-state index < -0.39 is 0 Å². The van der Waals surface area contributed by atoms with Crippen molar-refractivity contribution in [2.24, 2.45) is 5.92 Å². The predicted molar refractivity (Wildman–Crippen MR) is 61.7 cm³/mol. The van der Waals surface area contributed by atoms with Gasteiger partial charge in [0, 0.05) is 5.38 Å². The minimum absolute atomic E-state index is 0.155. The molecular formula is C13H16ClF. The Balaban J connectivity index is 1.93. The lowest BCUT2D eigenvalue weighted by molar-refractivity contribution is 0.361. The van der Waals surface area contributed by atoms with E-state index >= 15 is 0 Å². The molecule has 1 saturated carbocycles. The average Bonchev–Trinajstić information content (AvgIpc) is 2.22. The Kier molecular flexibility index (Phi) is 3.63.